The van der Waals surface area contributed by atoms with Gasteiger partial charge in [0.2, 0.25) is 0 Å². The lowest BCUT2D eigenvalue weighted by Crippen LogP contribution is -2.00. The molecule has 0 aliphatic heterocycles. The lowest BCUT2D eigenvalue weighted by Gasteiger charge is -2.05. The highest BCUT2D eigenvalue weighted by molar-refractivity contribution is 5.72. The molecule has 1 aromatic rings. The van der Waals surface area contributed by atoms with E-state index in [1.807, 2.05) is 0 Å². The van der Waals surface area contributed by atoms with E-state index in [1.165, 1.54) is 6.07 Å². The number of phenols is 1. The summed E-state index contributed by atoms with van der Waals surface area (Å²) in [5.74, 6) is -0.183. The maximum atomic E-state index is 10.7. The molecule has 2 rings (SSSR count). The normalized spacial score (nSPS) is 14.0. The maximum absolute atomic E-state index is 10.7. The van der Waals surface area contributed by atoms with E-state index in [4.69, 9.17) is 5.73 Å². The van der Waals surface area contributed by atoms with Crippen LogP contribution in [0.1, 0.15) is 17.5 Å². The molecule has 0 radical (unpaired) electrons. The van der Waals surface area contributed by atoms with E-state index >= 15 is 0 Å². The average molecular weight is 194 g/mol. The molecule has 0 bridgehead atoms. The highest BCUT2D eigenvalue weighted by Gasteiger charge is 2.27. The lowest BCUT2D eigenvalue weighted by atomic mass is 10.1. The van der Waals surface area contributed by atoms with Gasteiger partial charge >= 0.3 is 0 Å². The quantitative estimate of drug-likeness (QED) is 0.306. The fourth-order valence-corrected chi connectivity index (χ4v) is 1.93. The van der Waals surface area contributed by atoms with Crippen LogP contribution in [0, 0.1) is 10.1 Å². The van der Waals surface area contributed by atoms with E-state index in [-0.39, 0.29) is 17.1 Å². The number of nitrogen functional groups attached to an aromatic ring is 1. The molecule has 5 nitrogen and oxygen atoms in total. The number of hydrogen-bond donors (Lipinski definition) is 2. The number of fused-ring (bicyclic) bond motifs is 1. The van der Waals surface area contributed by atoms with Gasteiger partial charge in [-0.15, -0.1) is 0 Å². The number of nitro benzene ring substituents is 1. The van der Waals surface area contributed by atoms with Gasteiger partial charge in [-0.3, -0.25) is 10.1 Å². The smallest absolute Gasteiger partial charge is 0.299 e. The Kier molecular flexibility index (Phi) is 1.80. The van der Waals surface area contributed by atoms with Crippen molar-refractivity contribution in [1.82, 2.24) is 0 Å². The fourth-order valence-electron chi connectivity index (χ4n) is 1.93. The van der Waals surface area contributed by atoms with E-state index in [0.717, 1.165) is 18.4 Å². The highest BCUT2D eigenvalue weighted by Crippen LogP contribution is 2.40. The van der Waals surface area contributed by atoms with Gasteiger partial charge in [-0.2, -0.15) is 0 Å². The summed E-state index contributed by atoms with van der Waals surface area (Å²) in [4.78, 5) is 10.2. The average Bonchev–Trinajstić information content (AvgIpc) is 2.52. The van der Waals surface area contributed by atoms with Crippen LogP contribution in [-0.4, -0.2) is 10.0 Å². The van der Waals surface area contributed by atoms with Crippen molar-refractivity contribution in [2.24, 2.45) is 0 Å². The number of aromatic hydroxyl groups is 1. The second-order valence-electron chi connectivity index (χ2n) is 3.41. The van der Waals surface area contributed by atoms with Crippen LogP contribution in [0.2, 0.25) is 0 Å². The van der Waals surface area contributed by atoms with Crippen molar-refractivity contribution in [3.8, 4) is 5.75 Å². The van der Waals surface area contributed by atoms with Gasteiger partial charge < -0.3 is 10.8 Å². The predicted octanol–water partition coefficient (Wildman–Crippen LogP) is 1.37. The van der Waals surface area contributed by atoms with Crippen molar-refractivity contribution in [2.45, 2.75) is 19.3 Å². The molecule has 0 unspecified atom stereocenters. The number of nitro groups is 1. The molecule has 1 aromatic carbocycles. The summed E-state index contributed by atoms with van der Waals surface area (Å²) < 4.78 is 0. The number of benzene rings is 1. The summed E-state index contributed by atoms with van der Waals surface area (Å²) in [6.07, 6.45) is 2.35. The third kappa shape index (κ3) is 1.09. The Morgan fingerprint density at radius 3 is 2.86 bits per heavy atom. The van der Waals surface area contributed by atoms with Gasteiger partial charge in [-0.05, 0) is 30.9 Å². The first-order valence-corrected chi connectivity index (χ1v) is 4.39. The molecular formula is C9H10N2O3. The Bertz CT molecular complexity index is 415. The second-order valence-corrected chi connectivity index (χ2v) is 3.41. The summed E-state index contributed by atoms with van der Waals surface area (Å²) in [7, 11) is 0. The number of anilines is 1. The highest BCUT2D eigenvalue weighted by atomic mass is 16.6. The summed E-state index contributed by atoms with van der Waals surface area (Å²) in [5.41, 5.74) is 6.77. The molecular weight excluding hydrogens is 184 g/mol. The van der Waals surface area contributed by atoms with E-state index in [9.17, 15) is 15.2 Å². The van der Waals surface area contributed by atoms with Crippen LogP contribution < -0.4 is 5.73 Å². The molecule has 14 heavy (non-hydrogen) atoms. The van der Waals surface area contributed by atoms with Crippen LogP contribution >= 0.6 is 0 Å². The van der Waals surface area contributed by atoms with Crippen molar-refractivity contribution in [3.05, 3.63) is 27.3 Å². The molecule has 5 heteroatoms. The molecule has 74 valence electrons. The second kappa shape index (κ2) is 2.87. The Balaban J connectivity index is 2.72. The maximum Gasteiger partial charge on any atom is 0.299 e. The zero-order chi connectivity index (χ0) is 10.3. The zero-order valence-corrected chi connectivity index (χ0v) is 7.49. The van der Waals surface area contributed by atoms with Crippen molar-refractivity contribution in [2.75, 3.05) is 5.73 Å². The molecule has 1 aliphatic carbocycles. The van der Waals surface area contributed by atoms with E-state index in [2.05, 4.69) is 0 Å². The molecule has 0 saturated heterocycles. The van der Waals surface area contributed by atoms with E-state index < -0.39 is 4.92 Å². The lowest BCUT2D eigenvalue weighted by molar-refractivity contribution is -0.384. The van der Waals surface area contributed by atoms with Gasteiger partial charge in [0.1, 0.15) is 5.75 Å². The molecule has 0 heterocycles. The largest absolute Gasteiger partial charge is 0.506 e. The van der Waals surface area contributed by atoms with Gasteiger partial charge in [-0.1, -0.05) is 0 Å². The van der Waals surface area contributed by atoms with Crippen LogP contribution in [0.5, 0.6) is 5.75 Å². The third-order valence-corrected chi connectivity index (χ3v) is 2.57. The third-order valence-electron chi connectivity index (χ3n) is 2.57. The SMILES string of the molecule is Nc1c(O)cc2c(c1[N+](=O)[O-])CCC2. The minimum atomic E-state index is -0.515. The standard InChI is InChI=1S/C9H10N2O3/c10-8-7(12)4-5-2-1-3-6(5)9(8)11(13)14/h4,12H,1-3,10H2. The number of hydrogen-bond acceptors (Lipinski definition) is 4. The van der Waals surface area contributed by atoms with Crippen molar-refractivity contribution >= 4 is 11.4 Å². The molecule has 0 aromatic heterocycles. The van der Waals surface area contributed by atoms with Gasteiger partial charge in [0.25, 0.3) is 5.69 Å². The molecule has 0 amide bonds. The number of aryl methyl sites for hydroxylation is 1. The van der Waals surface area contributed by atoms with Crippen molar-refractivity contribution < 1.29 is 10.0 Å². The van der Waals surface area contributed by atoms with Crippen LogP contribution in [0.4, 0.5) is 11.4 Å². The monoisotopic (exact) mass is 194 g/mol. The zero-order valence-electron chi connectivity index (χ0n) is 7.49. The Hall–Kier alpha value is -1.78. The molecule has 0 atom stereocenters. The summed E-state index contributed by atoms with van der Waals surface area (Å²) >= 11 is 0. The van der Waals surface area contributed by atoms with Gasteiger partial charge in [-0.25, -0.2) is 0 Å². The predicted molar refractivity (Wildman–Crippen MR) is 51.2 cm³/mol. The molecule has 0 spiro atoms. The van der Waals surface area contributed by atoms with Gasteiger partial charge in [0, 0.05) is 5.56 Å². The minimum absolute atomic E-state index is 0.113. The van der Waals surface area contributed by atoms with Crippen LogP contribution in [-0.2, 0) is 12.8 Å². The number of nitrogens with zero attached hydrogens (tertiary/aromatic N) is 1. The van der Waals surface area contributed by atoms with E-state index in [1.54, 1.807) is 0 Å². The van der Waals surface area contributed by atoms with E-state index in [0.29, 0.717) is 12.0 Å². The van der Waals surface area contributed by atoms with Crippen LogP contribution in [0.3, 0.4) is 0 Å². The number of nitrogens with two attached hydrogens (primary N) is 1. The summed E-state index contributed by atoms with van der Waals surface area (Å²) in [6, 6.07) is 1.53. The Labute approximate surface area is 80.3 Å². The molecule has 1 aliphatic rings. The Morgan fingerprint density at radius 1 is 1.50 bits per heavy atom. The minimum Gasteiger partial charge on any atom is -0.506 e. The molecule has 0 saturated carbocycles. The molecule has 0 fully saturated rings. The topological polar surface area (TPSA) is 89.4 Å². The summed E-state index contributed by atoms with van der Waals surface area (Å²) in [6.45, 7) is 0. The van der Waals surface area contributed by atoms with Gasteiger partial charge in [0.05, 0.1) is 4.92 Å². The van der Waals surface area contributed by atoms with Gasteiger partial charge in [0.15, 0.2) is 5.69 Å². The Morgan fingerprint density at radius 2 is 2.21 bits per heavy atom. The first-order valence-electron chi connectivity index (χ1n) is 4.39. The van der Waals surface area contributed by atoms with Crippen molar-refractivity contribution in [1.29, 1.82) is 0 Å². The van der Waals surface area contributed by atoms with Crippen LogP contribution in [0.25, 0.3) is 0 Å². The number of phenolic OH excluding ortho intramolecular Hbond substituents is 1. The van der Waals surface area contributed by atoms with Crippen molar-refractivity contribution in [3.63, 3.8) is 0 Å². The number of rotatable bonds is 1. The fraction of sp³-hybridized carbons (Fsp3) is 0.333. The first kappa shape index (κ1) is 8.80. The summed E-state index contributed by atoms with van der Waals surface area (Å²) in [5, 5.41) is 20.1. The van der Waals surface area contributed by atoms with Crippen LogP contribution in [0.15, 0.2) is 6.07 Å². The first-order chi connectivity index (χ1) is 6.61. The molecule has 3 N–H and O–H groups in total.